The maximum Gasteiger partial charge on any atom is 0.0366 e. The van der Waals surface area contributed by atoms with Crippen molar-refractivity contribution in [1.29, 1.82) is 0 Å². The lowest BCUT2D eigenvalue weighted by Crippen LogP contribution is -1.84. The Morgan fingerprint density at radius 2 is 1.77 bits per heavy atom. The summed E-state index contributed by atoms with van der Waals surface area (Å²) in [5.41, 5.74) is 3.00. The number of hydrogen-bond acceptors (Lipinski definition) is 0. The first-order valence-electron chi connectivity index (χ1n) is 4.16. The summed E-state index contributed by atoms with van der Waals surface area (Å²) >= 11 is 0. The van der Waals surface area contributed by atoms with Gasteiger partial charge in [0.15, 0.2) is 0 Å². The molecule has 0 atom stereocenters. The van der Waals surface area contributed by atoms with Crippen molar-refractivity contribution in [2.45, 2.75) is 20.8 Å². The van der Waals surface area contributed by atoms with Crippen LogP contribution in [0, 0.1) is 36.7 Å². The first kappa shape index (κ1) is 9.43. The van der Waals surface area contributed by atoms with Gasteiger partial charge in [-0.05, 0) is 32.4 Å². The summed E-state index contributed by atoms with van der Waals surface area (Å²) < 4.78 is 0. The minimum atomic E-state index is 0.908. The van der Waals surface area contributed by atoms with Gasteiger partial charge in [-0.2, -0.15) is 0 Å². The highest BCUT2D eigenvalue weighted by Crippen LogP contribution is 2.08. The van der Waals surface area contributed by atoms with Crippen molar-refractivity contribution >= 4 is 0 Å². The Kier molecular flexibility index (Phi) is 3.18. The van der Waals surface area contributed by atoms with Crippen molar-refractivity contribution in [1.82, 2.24) is 0 Å². The molecule has 0 heterocycles. The molecule has 0 aromatic heterocycles. The van der Waals surface area contributed by atoms with Gasteiger partial charge in [0.05, 0.1) is 0 Å². The molecule has 0 aliphatic heterocycles. The fourth-order valence-electron chi connectivity index (χ4n) is 1.03. The van der Waals surface area contributed by atoms with Gasteiger partial charge in [-0.15, -0.1) is 11.8 Å². The normalized spacial score (nSPS) is 7.92. The molecule has 0 spiro atoms. The lowest BCUT2D eigenvalue weighted by Gasteiger charge is -1.97. The average Bonchev–Trinajstić information content (AvgIpc) is 2.12. The highest BCUT2D eigenvalue weighted by atomic mass is 14.0. The predicted octanol–water partition coefficient (Wildman–Crippen LogP) is 2.54. The van der Waals surface area contributed by atoms with Gasteiger partial charge in [0.1, 0.15) is 0 Å². The number of aryl methyl sites for hydroxylation is 1. The molecule has 0 fully saturated rings. The molecule has 1 radical (unpaired) electrons. The highest BCUT2D eigenvalue weighted by molar-refractivity contribution is 5.46. The molecule has 1 aromatic rings. The fourth-order valence-corrected chi connectivity index (χ4v) is 1.03. The van der Waals surface area contributed by atoms with Gasteiger partial charge < -0.3 is 0 Å². The molecule has 0 bridgehead atoms. The number of rotatable bonds is 0. The average molecular weight is 167 g/mol. The van der Waals surface area contributed by atoms with Crippen molar-refractivity contribution in [3.63, 3.8) is 0 Å². The lowest BCUT2D eigenvalue weighted by molar-refractivity contribution is 1.41. The van der Waals surface area contributed by atoms with E-state index in [0.717, 1.165) is 16.7 Å². The Bertz CT molecular complexity index is 417. The second-order valence-electron chi connectivity index (χ2n) is 2.68. The second-order valence-corrected chi connectivity index (χ2v) is 2.68. The molecule has 1 rings (SSSR count). The maximum absolute atomic E-state index is 3.17. The van der Waals surface area contributed by atoms with E-state index in [-0.39, 0.29) is 0 Å². The van der Waals surface area contributed by atoms with E-state index in [4.69, 9.17) is 0 Å². The van der Waals surface area contributed by atoms with Crippen LogP contribution in [0.3, 0.4) is 0 Å². The summed E-state index contributed by atoms with van der Waals surface area (Å²) in [6.45, 7) is 5.67. The molecule has 0 saturated heterocycles. The number of hydrogen-bond donors (Lipinski definition) is 0. The van der Waals surface area contributed by atoms with Crippen LogP contribution >= 0.6 is 0 Å². The van der Waals surface area contributed by atoms with Crippen molar-refractivity contribution in [2.24, 2.45) is 0 Å². The predicted molar refractivity (Wildman–Crippen MR) is 55.1 cm³/mol. The second kappa shape index (κ2) is 4.39. The van der Waals surface area contributed by atoms with Gasteiger partial charge in [-0.3, -0.25) is 0 Å². The molecule has 1 aromatic carbocycles. The van der Waals surface area contributed by atoms with Gasteiger partial charge in [0.2, 0.25) is 0 Å². The highest BCUT2D eigenvalue weighted by Gasteiger charge is 1.95. The van der Waals surface area contributed by atoms with E-state index in [2.05, 4.69) is 29.7 Å². The van der Waals surface area contributed by atoms with Gasteiger partial charge >= 0.3 is 0 Å². The molecule has 0 amide bonds. The third kappa shape index (κ3) is 2.39. The van der Waals surface area contributed by atoms with E-state index < -0.39 is 0 Å². The van der Waals surface area contributed by atoms with Crippen LogP contribution in [0.5, 0.6) is 0 Å². The summed E-state index contributed by atoms with van der Waals surface area (Å²) in [4.78, 5) is 0. The molecule has 0 nitrogen and oxygen atoms in total. The van der Waals surface area contributed by atoms with Gasteiger partial charge in [0.25, 0.3) is 0 Å². The van der Waals surface area contributed by atoms with Crippen molar-refractivity contribution in [3.05, 3.63) is 34.9 Å². The molecule has 0 aliphatic carbocycles. The van der Waals surface area contributed by atoms with Crippen LogP contribution in [-0.2, 0) is 0 Å². The van der Waals surface area contributed by atoms with Crippen LogP contribution in [0.4, 0.5) is 0 Å². The summed E-state index contributed by atoms with van der Waals surface area (Å²) in [6.07, 6.45) is 0. The van der Waals surface area contributed by atoms with E-state index >= 15 is 0 Å². The molecule has 0 N–H and O–H groups in total. The van der Waals surface area contributed by atoms with Gasteiger partial charge in [-0.1, -0.05) is 17.9 Å². The van der Waals surface area contributed by atoms with E-state index in [9.17, 15) is 0 Å². The Labute approximate surface area is 80.0 Å². The molecule has 13 heavy (non-hydrogen) atoms. The number of benzene rings is 1. The van der Waals surface area contributed by atoms with Gasteiger partial charge in [-0.25, -0.2) is 0 Å². The van der Waals surface area contributed by atoms with E-state index in [1.54, 1.807) is 0 Å². The minimum Gasteiger partial charge on any atom is -0.101 e. The van der Waals surface area contributed by atoms with Crippen LogP contribution in [0.1, 0.15) is 30.5 Å². The van der Waals surface area contributed by atoms with Gasteiger partial charge in [0, 0.05) is 17.2 Å². The summed E-state index contributed by atoms with van der Waals surface area (Å²) in [7, 11) is 0. The van der Waals surface area contributed by atoms with E-state index in [1.165, 1.54) is 0 Å². The molecule has 63 valence electrons. The van der Waals surface area contributed by atoms with E-state index in [1.807, 2.05) is 32.9 Å². The monoisotopic (exact) mass is 167 g/mol. The fraction of sp³-hybridized carbons (Fsp3) is 0.231. The van der Waals surface area contributed by atoms with Crippen molar-refractivity contribution in [2.75, 3.05) is 0 Å². The van der Waals surface area contributed by atoms with Crippen molar-refractivity contribution < 1.29 is 0 Å². The third-order valence-corrected chi connectivity index (χ3v) is 1.66. The third-order valence-electron chi connectivity index (χ3n) is 1.66. The molecular formula is C13H11. The Morgan fingerprint density at radius 1 is 1.08 bits per heavy atom. The first-order valence-corrected chi connectivity index (χ1v) is 4.16. The maximum atomic E-state index is 3.17. The Morgan fingerprint density at radius 3 is 2.38 bits per heavy atom. The largest absolute Gasteiger partial charge is 0.101 e. The standard InChI is InChI=1S/C13H11/c1-4-6-12-9-8-11(3)13(10-12)7-5-2/h8-9H,1-3H3. The Balaban J connectivity index is 3.21. The van der Waals surface area contributed by atoms with E-state index in [0.29, 0.717) is 0 Å². The molecule has 0 aliphatic rings. The minimum absolute atomic E-state index is 0.908. The Hall–Kier alpha value is -1.66. The molecular weight excluding hydrogens is 156 g/mol. The smallest absolute Gasteiger partial charge is 0.0366 e. The van der Waals surface area contributed by atoms with Crippen LogP contribution in [0.2, 0.25) is 0 Å². The summed E-state index contributed by atoms with van der Waals surface area (Å²) in [5.74, 6) is 11.7. The topological polar surface area (TPSA) is 0 Å². The summed E-state index contributed by atoms with van der Waals surface area (Å²) in [5, 5.41) is 0. The zero-order valence-electron chi connectivity index (χ0n) is 8.15. The molecule has 0 heteroatoms. The first-order chi connectivity index (χ1) is 6.27. The van der Waals surface area contributed by atoms with Crippen LogP contribution in [0.25, 0.3) is 0 Å². The van der Waals surface area contributed by atoms with Crippen LogP contribution in [0.15, 0.2) is 12.1 Å². The van der Waals surface area contributed by atoms with Crippen LogP contribution in [-0.4, -0.2) is 0 Å². The quantitative estimate of drug-likeness (QED) is 0.521. The zero-order chi connectivity index (χ0) is 9.68. The zero-order valence-corrected chi connectivity index (χ0v) is 8.15. The van der Waals surface area contributed by atoms with Crippen LogP contribution < -0.4 is 0 Å². The van der Waals surface area contributed by atoms with Crippen molar-refractivity contribution in [3.8, 4) is 23.7 Å². The molecule has 0 saturated carbocycles. The SMILES string of the molecule is CC#Cc1[c]c(C#CC)c(C)cc1. The summed E-state index contributed by atoms with van der Waals surface area (Å²) in [6, 6.07) is 7.16. The lowest BCUT2D eigenvalue weighted by atomic mass is 10.1. The molecule has 0 unspecified atom stereocenters.